The van der Waals surface area contributed by atoms with Gasteiger partial charge in [0, 0.05) is 6.10 Å². The molecule has 0 aliphatic carbocycles. The molecule has 0 heterocycles. The standard InChI is InChI=1S/C15H29NOSi/c1-6-8-9-11-15(17-18(3,4)5)12-14(13-16)10-7-2/h7,14-15H,2,6,8-12H2,1,3-5H3. The maximum absolute atomic E-state index is 9.13. The van der Waals surface area contributed by atoms with Gasteiger partial charge in [0.05, 0.1) is 12.0 Å². The predicted octanol–water partition coefficient (Wildman–Crippen LogP) is 4.89. The zero-order valence-electron chi connectivity index (χ0n) is 12.5. The zero-order valence-corrected chi connectivity index (χ0v) is 13.5. The molecule has 3 heteroatoms. The van der Waals surface area contributed by atoms with Crippen molar-refractivity contribution in [1.82, 2.24) is 0 Å². The molecule has 0 N–H and O–H groups in total. The van der Waals surface area contributed by atoms with Gasteiger partial charge in [0.1, 0.15) is 0 Å². The first-order chi connectivity index (χ1) is 8.42. The highest BCUT2D eigenvalue weighted by Gasteiger charge is 2.23. The highest BCUT2D eigenvalue weighted by Crippen LogP contribution is 2.21. The Morgan fingerprint density at radius 3 is 2.44 bits per heavy atom. The molecule has 0 amide bonds. The van der Waals surface area contributed by atoms with Crippen molar-refractivity contribution in [2.24, 2.45) is 5.92 Å². The van der Waals surface area contributed by atoms with Crippen molar-refractivity contribution in [3.63, 3.8) is 0 Å². The van der Waals surface area contributed by atoms with E-state index in [4.69, 9.17) is 9.69 Å². The van der Waals surface area contributed by atoms with E-state index >= 15 is 0 Å². The summed E-state index contributed by atoms with van der Waals surface area (Å²) in [5.74, 6) is 0.0606. The lowest BCUT2D eigenvalue weighted by atomic mass is 9.96. The van der Waals surface area contributed by atoms with Crippen molar-refractivity contribution in [3.05, 3.63) is 12.7 Å². The van der Waals surface area contributed by atoms with Crippen molar-refractivity contribution < 1.29 is 4.43 Å². The third kappa shape index (κ3) is 9.44. The van der Waals surface area contributed by atoms with Crippen LogP contribution in [0.15, 0.2) is 12.7 Å². The van der Waals surface area contributed by atoms with Crippen LogP contribution in [0.1, 0.15) is 45.4 Å². The van der Waals surface area contributed by atoms with E-state index in [0.29, 0.717) is 0 Å². The summed E-state index contributed by atoms with van der Waals surface area (Å²) >= 11 is 0. The van der Waals surface area contributed by atoms with E-state index in [1.807, 2.05) is 6.08 Å². The van der Waals surface area contributed by atoms with Crippen LogP contribution in [0.2, 0.25) is 19.6 Å². The summed E-state index contributed by atoms with van der Waals surface area (Å²) < 4.78 is 6.22. The lowest BCUT2D eigenvalue weighted by Crippen LogP contribution is -2.33. The van der Waals surface area contributed by atoms with Crippen LogP contribution < -0.4 is 0 Å². The van der Waals surface area contributed by atoms with Gasteiger partial charge in [0.15, 0.2) is 8.32 Å². The fraction of sp³-hybridized carbons (Fsp3) is 0.800. The van der Waals surface area contributed by atoms with E-state index in [1.54, 1.807) is 0 Å². The molecule has 0 aliphatic rings. The topological polar surface area (TPSA) is 33.0 Å². The summed E-state index contributed by atoms with van der Waals surface area (Å²) in [5.41, 5.74) is 0. The number of allylic oxidation sites excluding steroid dienone is 1. The van der Waals surface area contributed by atoms with E-state index in [2.05, 4.69) is 39.2 Å². The van der Waals surface area contributed by atoms with Gasteiger partial charge in [-0.1, -0.05) is 32.3 Å². The minimum atomic E-state index is -1.52. The number of nitrogens with zero attached hydrogens (tertiary/aromatic N) is 1. The second-order valence-electron chi connectivity index (χ2n) is 5.93. The molecule has 0 aromatic heterocycles. The highest BCUT2D eigenvalue weighted by atomic mass is 28.4. The van der Waals surface area contributed by atoms with Gasteiger partial charge in [-0.15, -0.1) is 6.58 Å². The Bertz CT molecular complexity index is 265. The van der Waals surface area contributed by atoms with Crippen LogP contribution in [0, 0.1) is 17.2 Å². The molecule has 0 saturated heterocycles. The van der Waals surface area contributed by atoms with Gasteiger partial charge in [-0.2, -0.15) is 5.26 Å². The molecule has 0 spiro atoms. The van der Waals surface area contributed by atoms with Crippen molar-refractivity contribution in [2.45, 2.75) is 71.2 Å². The first-order valence-electron chi connectivity index (χ1n) is 7.11. The molecule has 0 saturated carbocycles. The Balaban J connectivity index is 4.35. The molecule has 104 valence electrons. The van der Waals surface area contributed by atoms with E-state index in [-0.39, 0.29) is 12.0 Å². The Morgan fingerprint density at radius 1 is 1.33 bits per heavy atom. The quantitative estimate of drug-likeness (QED) is 0.321. The molecule has 0 bridgehead atoms. The van der Waals surface area contributed by atoms with Gasteiger partial charge in [-0.3, -0.25) is 0 Å². The molecule has 0 aliphatic heterocycles. The molecule has 0 rings (SSSR count). The average Bonchev–Trinajstić information content (AvgIpc) is 2.26. The van der Waals surface area contributed by atoms with Crippen molar-refractivity contribution in [3.8, 4) is 6.07 Å². The molecule has 0 fully saturated rings. The maximum atomic E-state index is 9.13. The van der Waals surface area contributed by atoms with E-state index < -0.39 is 8.32 Å². The second-order valence-corrected chi connectivity index (χ2v) is 10.4. The smallest absolute Gasteiger partial charge is 0.184 e. The highest BCUT2D eigenvalue weighted by molar-refractivity contribution is 6.69. The van der Waals surface area contributed by atoms with Crippen LogP contribution in [0.25, 0.3) is 0 Å². The molecule has 2 nitrogen and oxygen atoms in total. The summed E-state index contributed by atoms with van der Waals surface area (Å²) in [6.45, 7) is 12.6. The van der Waals surface area contributed by atoms with Gasteiger partial charge in [0.25, 0.3) is 0 Å². The Hall–Kier alpha value is -0.593. The number of unbranched alkanes of at least 4 members (excludes halogenated alkanes) is 2. The molecule has 0 aromatic rings. The summed E-state index contributed by atoms with van der Waals surface area (Å²) in [6.07, 6.45) is 8.51. The zero-order chi connectivity index (χ0) is 14.0. The van der Waals surface area contributed by atoms with Crippen molar-refractivity contribution in [2.75, 3.05) is 0 Å². The lowest BCUT2D eigenvalue weighted by Gasteiger charge is -2.27. The number of hydrogen-bond acceptors (Lipinski definition) is 2. The monoisotopic (exact) mass is 267 g/mol. The fourth-order valence-electron chi connectivity index (χ4n) is 2.07. The van der Waals surface area contributed by atoms with Crippen LogP contribution in [0.3, 0.4) is 0 Å². The summed E-state index contributed by atoms with van der Waals surface area (Å²) in [7, 11) is -1.52. The van der Waals surface area contributed by atoms with Crippen LogP contribution >= 0.6 is 0 Å². The van der Waals surface area contributed by atoms with Gasteiger partial charge in [-0.25, -0.2) is 0 Å². The molecular weight excluding hydrogens is 238 g/mol. The Labute approximate surface area is 114 Å². The first-order valence-corrected chi connectivity index (χ1v) is 10.5. The molecule has 18 heavy (non-hydrogen) atoms. The molecule has 0 aromatic carbocycles. The number of hydrogen-bond donors (Lipinski definition) is 0. The van der Waals surface area contributed by atoms with Gasteiger partial charge < -0.3 is 4.43 Å². The third-order valence-corrected chi connectivity index (χ3v) is 3.87. The summed E-state index contributed by atoms with van der Waals surface area (Å²) in [4.78, 5) is 0. The summed E-state index contributed by atoms with van der Waals surface area (Å²) in [5, 5.41) is 9.13. The van der Waals surface area contributed by atoms with Gasteiger partial charge >= 0.3 is 0 Å². The SMILES string of the molecule is C=CCC(C#N)CC(CCCCC)O[Si](C)(C)C. The number of nitriles is 1. The van der Waals surface area contributed by atoms with E-state index in [9.17, 15) is 0 Å². The van der Waals surface area contributed by atoms with Gasteiger partial charge in [-0.05, 0) is 38.9 Å². The van der Waals surface area contributed by atoms with Crippen LogP contribution in [-0.2, 0) is 4.43 Å². The first kappa shape index (κ1) is 17.4. The second kappa shape index (κ2) is 9.35. The molecule has 0 radical (unpaired) electrons. The largest absolute Gasteiger partial charge is 0.415 e. The fourth-order valence-corrected chi connectivity index (χ4v) is 3.28. The number of rotatable bonds is 10. The van der Waals surface area contributed by atoms with Crippen molar-refractivity contribution in [1.29, 1.82) is 5.26 Å². The van der Waals surface area contributed by atoms with E-state index in [1.165, 1.54) is 19.3 Å². The lowest BCUT2D eigenvalue weighted by molar-refractivity contribution is 0.157. The maximum Gasteiger partial charge on any atom is 0.184 e. The minimum Gasteiger partial charge on any atom is -0.415 e. The Morgan fingerprint density at radius 2 is 2.00 bits per heavy atom. The predicted molar refractivity (Wildman–Crippen MR) is 80.9 cm³/mol. The summed E-state index contributed by atoms with van der Waals surface area (Å²) in [6, 6.07) is 2.37. The van der Waals surface area contributed by atoms with Gasteiger partial charge in [0.2, 0.25) is 0 Å². The third-order valence-electron chi connectivity index (χ3n) is 2.83. The van der Waals surface area contributed by atoms with E-state index in [0.717, 1.165) is 19.3 Å². The minimum absolute atomic E-state index is 0.0606. The normalized spacial score (nSPS) is 14.8. The molecule has 2 unspecified atom stereocenters. The van der Waals surface area contributed by atoms with Crippen LogP contribution in [0.5, 0.6) is 0 Å². The van der Waals surface area contributed by atoms with Crippen molar-refractivity contribution >= 4 is 8.32 Å². The molecule has 2 atom stereocenters. The van der Waals surface area contributed by atoms with Crippen LogP contribution in [0.4, 0.5) is 0 Å². The Kier molecular flexibility index (Phi) is 9.04. The van der Waals surface area contributed by atoms with Crippen LogP contribution in [-0.4, -0.2) is 14.4 Å². The molecular formula is C15H29NOSi. The average molecular weight is 267 g/mol.